The van der Waals surface area contributed by atoms with Crippen molar-refractivity contribution in [1.29, 1.82) is 0 Å². The van der Waals surface area contributed by atoms with Crippen LogP contribution in [0.1, 0.15) is 17.3 Å². The summed E-state index contributed by atoms with van der Waals surface area (Å²) in [7, 11) is 0. The summed E-state index contributed by atoms with van der Waals surface area (Å²) in [4.78, 5) is 11.0. The first-order valence-corrected chi connectivity index (χ1v) is 4.46. The lowest BCUT2D eigenvalue weighted by atomic mass is 10.1. The number of hydrogen-bond donors (Lipinski definition) is 1. The molecule has 0 saturated heterocycles. The molecule has 0 aliphatic rings. The fourth-order valence-corrected chi connectivity index (χ4v) is 1.65. The highest BCUT2D eigenvalue weighted by Crippen LogP contribution is 2.38. The Kier molecular flexibility index (Phi) is 3.06. The Labute approximate surface area is 90.0 Å². The molecule has 0 unspecified atom stereocenters. The predicted molar refractivity (Wildman–Crippen MR) is 53.1 cm³/mol. The summed E-state index contributed by atoms with van der Waals surface area (Å²) < 4.78 is 0. The Balaban J connectivity index is 3.56. The van der Waals surface area contributed by atoms with Gasteiger partial charge in [-0.2, -0.15) is 0 Å². The van der Waals surface area contributed by atoms with Crippen LogP contribution in [0.25, 0.3) is 0 Å². The van der Waals surface area contributed by atoms with E-state index in [4.69, 9.17) is 34.8 Å². The molecule has 0 atom stereocenters. The highest BCUT2D eigenvalue weighted by molar-refractivity contribution is 6.45. The Morgan fingerprint density at radius 1 is 1.31 bits per heavy atom. The van der Waals surface area contributed by atoms with Gasteiger partial charge in [0.15, 0.2) is 5.78 Å². The minimum absolute atomic E-state index is 0.0135. The second kappa shape index (κ2) is 3.74. The molecule has 1 aromatic carbocycles. The van der Waals surface area contributed by atoms with Gasteiger partial charge in [-0.05, 0) is 13.0 Å². The first-order valence-electron chi connectivity index (χ1n) is 3.32. The van der Waals surface area contributed by atoms with Gasteiger partial charge in [0, 0.05) is 0 Å². The molecular weight excluding hydrogens is 234 g/mol. The molecule has 0 aliphatic heterocycles. The summed E-state index contributed by atoms with van der Waals surface area (Å²) in [5.74, 6) is -0.713. The second-order valence-corrected chi connectivity index (χ2v) is 3.63. The number of rotatable bonds is 1. The van der Waals surface area contributed by atoms with Crippen LogP contribution in [0.4, 0.5) is 0 Å². The molecule has 2 nitrogen and oxygen atoms in total. The summed E-state index contributed by atoms with van der Waals surface area (Å²) in [6.45, 7) is 1.27. The molecule has 0 saturated carbocycles. The highest BCUT2D eigenvalue weighted by Gasteiger charge is 2.17. The monoisotopic (exact) mass is 238 g/mol. The third-order valence-electron chi connectivity index (χ3n) is 1.50. The van der Waals surface area contributed by atoms with E-state index in [1.165, 1.54) is 13.0 Å². The fourth-order valence-electron chi connectivity index (χ4n) is 0.907. The van der Waals surface area contributed by atoms with Gasteiger partial charge < -0.3 is 5.11 Å². The van der Waals surface area contributed by atoms with Crippen LogP contribution in [0, 0.1) is 0 Å². The van der Waals surface area contributed by atoms with Gasteiger partial charge in [-0.1, -0.05) is 34.8 Å². The average molecular weight is 239 g/mol. The molecule has 1 rings (SSSR count). The fraction of sp³-hybridized carbons (Fsp3) is 0.125. The minimum Gasteiger partial charge on any atom is -0.506 e. The van der Waals surface area contributed by atoms with Crippen molar-refractivity contribution < 1.29 is 9.90 Å². The van der Waals surface area contributed by atoms with Gasteiger partial charge in [0.2, 0.25) is 0 Å². The SMILES string of the molecule is CC(=O)c1c(O)c(Cl)cc(Cl)c1Cl. The molecule has 0 bridgehead atoms. The average Bonchev–Trinajstić information content (AvgIpc) is 2.01. The Bertz CT molecular complexity index is 348. The van der Waals surface area contributed by atoms with Crippen molar-refractivity contribution in [2.24, 2.45) is 0 Å². The van der Waals surface area contributed by atoms with Gasteiger partial charge in [-0.3, -0.25) is 4.79 Å². The van der Waals surface area contributed by atoms with Crippen LogP contribution < -0.4 is 0 Å². The van der Waals surface area contributed by atoms with Crippen molar-refractivity contribution in [2.75, 3.05) is 0 Å². The maximum absolute atomic E-state index is 11.0. The smallest absolute Gasteiger partial charge is 0.165 e. The van der Waals surface area contributed by atoms with E-state index in [9.17, 15) is 9.90 Å². The van der Waals surface area contributed by atoms with E-state index < -0.39 is 0 Å². The van der Waals surface area contributed by atoms with Crippen molar-refractivity contribution in [3.63, 3.8) is 0 Å². The van der Waals surface area contributed by atoms with Crippen LogP contribution in [-0.2, 0) is 0 Å². The van der Waals surface area contributed by atoms with Gasteiger partial charge >= 0.3 is 0 Å². The number of phenols is 1. The molecule has 1 N–H and O–H groups in total. The Hall–Kier alpha value is -0.440. The highest BCUT2D eigenvalue weighted by atomic mass is 35.5. The molecule has 0 radical (unpaired) electrons. The maximum atomic E-state index is 11.0. The van der Waals surface area contributed by atoms with Crippen LogP contribution in [0.3, 0.4) is 0 Å². The Morgan fingerprint density at radius 2 is 1.85 bits per heavy atom. The van der Waals surface area contributed by atoms with Gasteiger partial charge in [0.25, 0.3) is 0 Å². The van der Waals surface area contributed by atoms with Crippen LogP contribution in [0.15, 0.2) is 6.07 Å². The molecule has 0 amide bonds. The van der Waals surface area contributed by atoms with E-state index in [2.05, 4.69) is 0 Å². The van der Waals surface area contributed by atoms with Crippen molar-refractivity contribution in [3.8, 4) is 5.75 Å². The summed E-state index contributed by atoms with van der Waals surface area (Å²) in [6.07, 6.45) is 0. The topological polar surface area (TPSA) is 37.3 Å². The van der Waals surface area contributed by atoms with Crippen molar-refractivity contribution in [1.82, 2.24) is 0 Å². The lowest BCUT2D eigenvalue weighted by Gasteiger charge is -2.06. The molecule has 13 heavy (non-hydrogen) atoms. The van der Waals surface area contributed by atoms with Crippen molar-refractivity contribution >= 4 is 40.6 Å². The molecule has 1 aromatic rings. The largest absolute Gasteiger partial charge is 0.506 e. The molecule has 0 aromatic heterocycles. The van der Waals surface area contributed by atoms with Crippen LogP contribution in [-0.4, -0.2) is 10.9 Å². The number of ketones is 1. The molecule has 0 aliphatic carbocycles. The number of carbonyl (C=O) groups excluding carboxylic acids is 1. The quantitative estimate of drug-likeness (QED) is 0.601. The van der Waals surface area contributed by atoms with E-state index in [1.54, 1.807) is 0 Å². The second-order valence-electron chi connectivity index (χ2n) is 2.43. The van der Waals surface area contributed by atoms with Crippen LogP contribution in [0.5, 0.6) is 5.75 Å². The molecular formula is C8H5Cl3O2. The number of aromatic hydroxyl groups is 1. The van der Waals surface area contributed by atoms with E-state index in [1.807, 2.05) is 0 Å². The molecule has 0 fully saturated rings. The van der Waals surface area contributed by atoms with E-state index in [0.29, 0.717) is 0 Å². The number of halogens is 3. The van der Waals surface area contributed by atoms with E-state index in [0.717, 1.165) is 0 Å². The third kappa shape index (κ3) is 1.90. The van der Waals surface area contributed by atoms with Gasteiger partial charge in [-0.25, -0.2) is 0 Å². The zero-order chi connectivity index (χ0) is 10.2. The van der Waals surface area contributed by atoms with Gasteiger partial charge in [0.05, 0.1) is 20.6 Å². The van der Waals surface area contributed by atoms with Gasteiger partial charge in [-0.15, -0.1) is 0 Å². The van der Waals surface area contributed by atoms with Gasteiger partial charge in [0.1, 0.15) is 5.75 Å². The maximum Gasteiger partial charge on any atom is 0.165 e. The first-order chi connectivity index (χ1) is 5.95. The minimum atomic E-state index is -0.382. The van der Waals surface area contributed by atoms with Crippen LogP contribution in [0.2, 0.25) is 15.1 Å². The number of phenolic OH excluding ortho intramolecular Hbond substituents is 1. The normalized spacial score (nSPS) is 10.2. The predicted octanol–water partition coefficient (Wildman–Crippen LogP) is 3.55. The number of carbonyl (C=O) groups is 1. The zero-order valence-corrected chi connectivity index (χ0v) is 8.83. The number of benzene rings is 1. The Morgan fingerprint density at radius 3 is 2.31 bits per heavy atom. The number of Topliss-reactive ketones (excluding diaryl/α,β-unsaturated/α-hetero) is 1. The summed E-state index contributed by atoms with van der Waals surface area (Å²) >= 11 is 16.9. The molecule has 5 heteroatoms. The van der Waals surface area contributed by atoms with E-state index in [-0.39, 0.29) is 32.2 Å². The van der Waals surface area contributed by atoms with Crippen molar-refractivity contribution in [2.45, 2.75) is 6.92 Å². The lowest BCUT2D eigenvalue weighted by Crippen LogP contribution is -1.95. The third-order valence-corrected chi connectivity index (χ3v) is 2.57. The lowest BCUT2D eigenvalue weighted by molar-refractivity contribution is 0.101. The summed E-state index contributed by atoms with van der Waals surface area (Å²) in [5.41, 5.74) is -0.0424. The zero-order valence-electron chi connectivity index (χ0n) is 6.57. The van der Waals surface area contributed by atoms with Crippen LogP contribution >= 0.6 is 34.8 Å². The summed E-state index contributed by atoms with van der Waals surface area (Å²) in [6, 6.07) is 1.28. The number of hydrogen-bond acceptors (Lipinski definition) is 2. The molecule has 0 spiro atoms. The standard InChI is InChI=1S/C8H5Cl3O2/c1-3(12)6-7(11)4(9)2-5(10)8(6)13/h2,13H,1H3. The molecule has 70 valence electrons. The van der Waals surface area contributed by atoms with E-state index >= 15 is 0 Å². The van der Waals surface area contributed by atoms with Crippen molar-refractivity contribution in [3.05, 3.63) is 26.7 Å². The first kappa shape index (κ1) is 10.6. The molecule has 0 heterocycles. The summed E-state index contributed by atoms with van der Waals surface area (Å²) in [5, 5.41) is 9.56.